The molecule has 26 heavy (non-hydrogen) atoms. The van der Waals surface area contributed by atoms with E-state index < -0.39 is 0 Å². The Hall–Kier alpha value is -2.75. The Labute approximate surface area is 153 Å². The Morgan fingerprint density at radius 1 is 1.15 bits per heavy atom. The number of rotatable bonds is 4. The summed E-state index contributed by atoms with van der Waals surface area (Å²) in [5, 5.41) is 0.938. The van der Waals surface area contributed by atoms with Crippen LogP contribution in [0.25, 0.3) is 10.9 Å². The highest BCUT2D eigenvalue weighted by molar-refractivity contribution is 6.06. The highest BCUT2D eigenvalue weighted by Gasteiger charge is 2.28. The molecule has 1 fully saturated rings. The van der Waals surface area contributed by atoms with Crippen molar-refractivity contribution in [3.05, 3.63) is 71.2 Å². The average Bonchev–Trinajstić information content (AvgIpc) is 3.51. The van der Waals surface area contributed by atoms with Crippen molar-refractivity contribution in [2.75, 3.05) is 7.05 Å². The molecule has 132 valence electrons. The highest BCUT2D eigenvalue weighted by Crippen LogP contribution is 2.40. The van der Waals surface area contributed by atoms with Gasteiger partial charge in [-0.15, -0.1) is 0 Å². The first kappa shape index (κ1) is 16.7. The summed E-state index contributed by atoms with van der Waals surface area (Å²) in [5.41, 5.74) is 4.93. The van der Waals surface area contributed by atoms with Gasteiger partial charge in [-0.05, 0) is 62.6 Å². The number of hydrogen-bond acceptors (Lipinski definition) is 3. The normalized spacial score (nSPS) is 15.0. The number of pyridine rings is 2. The van der Waals surface area contributed by atoms with Crippen LogP contribution in [0.1, 0.15) is 58.9 Å². The van der Waals surface area contributed by atoms with E-state index in [1.54, 1.807) is 12.4 Å². The molecule has 2 heterocycles. The summed E-state index contributed by atoms with van der Waals surface area (Å²) in [7, 11) is 1.87. The van der Waals surface area contributed by atoms with Gasteiger partial charge in [-0.1, -0.05) is 11.6 Å². The van der Waals surface area contributed by atoms with E-state index in [0.717, 1.165) is 33.3 Å². The number of aromatic nitrogens is 2. The van der Waals surface area contributed by atoms with Crippen LogP contribution in [0.4, 0.5) is 0 Å². The molecular weight excluding hydrogens is 322 g/mol. The Bertz CT molecular complexity index is 964. The minimum atomic E-state index is -0.0251. The maximum atomic E-state index is 13.4. The summed E-state index contributed by atoms with van der Waals surface area (Å²) in [6.07, 6.45) is 5.86. The smallest absolute Gasteiger partial charge is 0.254 e. The van der Waals surface area contributed by atoms with Crippen LogP contribution in [0.5, 0.6) is 0 Å². The van der Waals surface area contributed by atoms with Gasteiger partial charge < -0.3 is 4.90 Å². The van der Waals surface area contributed by atoms with Gasteiger partial charge in [0, 0.05) is 36.4 Å². The van der Waals surface area contributed by atoms with Crippen LogP contribution in [-0.2, 0) is 0 Å². The quantitative estimate of drug-likeness (QED) is 0.691. The third-order valence-electron chi connectivity index (χ3n) is 5.30. The topological polar surface area (TPSA) is 46.1 Å². The summed E-state index contributed by atoms with van der Waals surface area (Å²) >= 11 is 0. The number of hydrogen-bond donors (Lipinski definition) is 0. The fourth-order valence-corrected chi connectivity index (χ4v) is 3.36. The molecule has 4 rings (SSSR count). The first-order valence-electron chi connectivity index (χ1n) is 9.13. The van der Waals surface area contributed by atoms with Crippen molar-refractivity contribution in [3.8, 4) is 0 Å². The summed E-state index contributed by atoms with van der Waals surface area (Å²) in [5.74, 6) is 0.546. The Morgan fingerprint density at radius 2 is 1.88 bits per heavy atom. The van der Waals surface area contributed by atoms with Crippen LogP contribution in [0.3, 0.4) is 0 Å². The van der Waals surface area contributed by atoms with Crippen molar-refractivity contribution in [1.82, 2.24) is 14.9 Å². The largest absolute Gasteiger partial charge is 0.335 e. The Kier molecular flexibility index (Phi) is 4.19. The lowest BCUT2D eigenvalue weighted by molar-refractivity contribution is 0.0744. The summed E-state index contributed by atoms with van der Waals surface area (Å²) in [6.45, 7) is 4.09. The van der Waals surface area contributed by atoms with Crippen molar-refractivity contribution in [2.45, 2.75) is 38.6 Å². The van der Waals surface area contributed by atoms with Crippen LogP contribution >= 0.6 is 0 Å². The molecule has 1 aromatic carbocycles. The Morgan fingerprint density at radius 3 is 2.58 bits per heavy atom. The fraction of sp³-hybridized carbons (Fsp3) is 0.318. The molecule has 4 heteroatoms. The van der Waals surface area contributed by atoms with Gasteiger partial charge in [0.15, 0.2) is 0 Å². The van der Waals surface area contributed by atoms with Crippen LogP contribution in [0.15, 0.2) is 48.8 Å². The van der Waals surface area contributed by atoms with Crippen molar-refractivity contribution in [3.63, 3.8) is 0 Å². The van der Waals surface area contributed by atoms with Gasteiger partial charge in [0.05, 0.1) is 17.1 Å². The maximum Gasteiger partial charge on any atom is 0.254 e. The second-order valence-electron chi connectivity index (χ2n) is 7.26. The summed E-state index contributed by atoms with van der Waals surface area (Å²) in [6, 6.07) is 12.1. The molecule has 0 radical (unpaired) electrons. The second-order valence-corrected chi connectivity index (χ2v) is 7.26. The zero-order chi connectivity index (χ0) is 18.3. The van der Waals surface area contributed by atoms with Gasteiger partial charge in [-0.3, -0.25) is 14.8 Å². The Balaban J connectivity index is 1.76. The van der Waals surface area contributed by atoms with E-state index in [2.05, 4.69) is 17.1 Å². The first-order chi connectivity index (χ1) is 12.5. The zero-order valence-electron chi connectivity index (χ0n) is 15.4. The van der Waals surface area contributed by atoms with Gasteiger partial charge in [0.2, 0.25) is 0 Å². The molecule has 1 aliphatic rings. The van der Waals surface area contributed by atoms with Gasteiger partial charge in [0.1, 0.15) is 0 Å². The number of fused-ring (bicyclic) bond motifs is 1. The summed E-state index contributed by atoms with van der Waals surface area (Å²) in [4.78, 5) is 24.0. The molecule has 1 atom stereocenters. The number of carbonyl (C=O) groups excluding carboxylic acids is 1. The van der Waals surface area contributed by atoms with E-state index in [1.165, 1.54) is 12.8 Å². The molecule has 4 nitrogen and oxygen atoms in total. The number of aryl methyl sites for hydroxylation is 1. The lowest BCUT2D eigenvalue weighted by Gasteiger charge is -2.26. The predicted molar refractivity (Wildman–Crippen MR) is 103 cm³/mol. The minimum Gasteiger partial charge on any atom is -0.335 e. The number of carbonyl (C=O) groups is 1. The van der Waals surface area contributed by atoms with E-state index in [0.29, 0.717) is 5.92 Å². The maximum absolute atomic E-state index is 13.4. The van der Waals surface area contributed by atoms with E-state index in [9.17, 15) is 4.79 Å². The van der Waals surface area contributed by atoms with Crippen LogP contribution in [0, 0.1) is 6.92 Å². The lowest BCUT2D eigenvalue weighted by atomic mass is 10.0. The van der Waals surface area contributed by atoms with Crippen molar-refractivity contribution < 1.29 is 4.79 Å². The fourth-order valence-electron chi connectivity index (χ4n) is 3.36. The zero-order valence-corrected chi connectivity index (χ0v) is 15.4. The molecule has 0 N–H and O–H groups in total. The third kappa shape index (κ3) is 3.07. The monoisotopic (exact) mass is 345 g/mol. The predicted octanol–water partition coefficient (Wildman–Crippen LogP) is 4.65. The van der Waals surface area contributed by atoms with E-state index >= 15 is 0 Å². The second kappa shape index (κ2) is 6.52. The van der Waals surface area contributed by atoms with Gasteiger partial charge in [0.25, 0.3) is 5.91 Å². The molecular formula is C22H23N3O. The molecule has 0 spiro atoms. The molecule has 0 saturated heterocycles. The molecule has 1 amide bonds. The molecule has 3 aromatic rings. The molecule has 2 aromatic heterocycles. The number of amides is 1. The molecule has 0 aliphatic heterocycles. The average molecular weight is 345 g/mol. The van der Waals surface area contributed by atoms with Crippen LogP contribution in [-0.4, -0.2) is 27.8 Å². The van der Waals surface area contributed by atoms with E-state index in [1.807, 2.05) is 50.1 Å². The molecule has 1 aliphatic carbocycles. The highest BCUT2D eigenvalue weighted by atomic mass is 16.2. The number of benzene rings is 1. The molecule has 1 saturated carbocycles. The molecule has 0 unspecified atom stereocenters. The standard InChI is InChI=1S/C22H23N3O/c1-14-4-7-20-18(12-14)19(13-21(24-20)17-5-6-17)22(26)25(3)15(2)16-8-10-23-11-9-16/h4,7-13,15,17H,5-6H2,1-3H3/t15-/m0/s1. The van der Waals surface area contributed by atoms with Gasteiger partial charge in [-0.2, -0.15) is 0 Å². The number of nitrogens with zero attached hydrogens (tertiary/aromatic N) is 3. The van der Waals surface area contributed by atoms with Crippen LogP contribution < -0.4 is 0 Å². The minimum absolute atomic E-state index is 0.0251. The molecule has 0 bridgehead atoms. The summed E-state index contributed by atoms with van der Waals surface area (Å²) < 4.78 is 0. The van der Waals surface area contributed by atoms with Crippen molar-refractivity contribution in [2.24, 2.45) is 0 Å². The van der Waals surface area contributed by atoms with Gasteiger partial charge >= 0.3 is 0 Å². The van der Waals surface area contributed by atoms with Crippen molar-refractivity contribution >= 4 is 16.8 Å². The SMILES string of the molecule is Cc1ccc2nc(C3CC3)cc(C(=O)N(C)[C@@H](C)c3ccncc3)c2c1. The first-order valence-corrected chi connectivity index (χ1v) is 9.13. The third-order valence-corrected chi connectivity index (χ3v) is 5.30. The van der Waals surface area contributed by atoms with Crippen LogP contribution in [0.2, 0.25) is 0 Å². The van der Waals surface area contributed by atoms with E-state index in [4.69, 9.17) is 4.98 Å². The van der Waals surface area contributed by atoms with E-state index in [-0.39, 0.29) is 11.9 Å². The lowest BCUT2D eigenvalue weighted by Crippen LogP contribution is -2.30. The van der Waals surface area contributed by atoms with Gasteiger partial charge in [-0.25, -0.2) is 0 Å². The van der Waals surface area contributed by atoms with Crippen molar-refractivity contribution in [1.29, 1.82) is 0 Å².